The molecule has 1 aliphatic rings. The molecule has 0 aliphatic carbocycles. The van der Waals surface area contributed by atoms with E-state index in [0.29, 0.717) is 18.9 Å². The fourth-order valence-corrected chi connectivity index (χ4v) is 1.61. The molecule has 0 amide bonds. The third-order valence-corrected chi connectivity index (χ3v) is 2.49. The zero-order valence-electron chi connectivity index (χ0n) is 8.23. The van der Waals surface area contributed by atoms with Gasteiger partial charge in [0.25, 0.3) is 0 Å². The maximum Gasteiger partial charge on any atom is 0.217 e. The molecule has 1 saturated heterocycles. The molecular weight excluding hydrogens is 220 g/mol. The number of aromatic nitrogens is 2. The third kappa shape index (κ3) is 2.04. The molecular formula is C9H11ClN2O3. The molecule has 0 bridgehead atoms. The Bertz CT molecular complexity index is 366. The van der Waals surface area contributed by atoms with Crippen molar-refractivity contribution >= 4 is 11.6 Å². The lowest BCUT2D eigenvalue weighted by atomic mass is 10.0. The van der Waals surface area contributed by atoms with Gasteiger partial charge in [0.15, 0.2) is 5.82 Å². The van der Waals surface area contributed by atoms with E-state index in [1.807, 2.05) is 0 Å². The van der Waals surface area contributed by atoms with Gasteiger partial charge in [0.05, 0.1) is 20.3 Å². The zero-order chi connectivity index (χ0) is 10.9. The largest absolute Gasteiger partial charge is 0.481 e. The third-order valence-electron chi connectivity index (χ3n) is 2.30. The van der Waals surface area contributed by atoms with Gasteiger partial charge in [-0.3, -0.25) is 0 Å². The number of halogens is 1. The zero-order valence-corrected chi connectivity index (χ0v) is 8.99. The van der Waals surface area contributed by atoms with Crippen LogP contribution in [0.25, 0.3) is 0 Å². The quantitative estimate of drug-likeness (QED) is 0.760. The first-order valence-electron chi connectivity index (χ1n) is 4.53. The van der Waals surface area contributed by atoms with Crippen LogP contribution in [0.15, 0.2) is 6.07 Å². The molecule has 82 valence electrons. The van der Waals surface area contributed by atoms with Crippen molar-refractivity contribution in [1.82, 2.24) is 9.97 Å². The molecule has 1 N–H and O–H groups in total. The van der Waals surface area contributed by atoms with Crippen molar-refractivity contribution < 1.29 is 14.6 Å². The average Bonchev–Trinajstić information content (AvgIpc) is 2.65. The van der Waals surface area contributed by atoms with E-state index in [2.05, 4.69) is 9.97 Å². The summed E-state index contributed by atoms with van der Waals surface area (Å²) in [4.78, 5) is 8.04. The lowest BCUT2D eigenvalue weighted by molar-refractivity contribution is 0.0149. The Morgan fingerprint density at radius 3 is 3.00 bits per heavy atom. The van der Waals surface area contributed by atoms with E-state index in [4.69, 9.17) is 21.1 Å². The number of ether oxygens (including phenoxy) is 2. The van der Waals surface area contributed by atoms with Gasteiger partial charge in [-0.2, -0.15) is 4.98 Å². The van der Waals surface area contributed by atoms with Crippen LogP contribution in [0.3, 0.4) is 0 Å². The highest BCUT2D eigenvalue weighted by molar-refractivity contribution is 6.29. The maximum atomic E-state index is 10.1. The van der Waals surface area contributed by atoms with Crippen molar-refractivity contribution in [3.63, 3.8) is 0 Å². The molecule has 15 heavy (non-hydrogen) atoms. The van der Waals surface area contributed by atoms with Crippen molar-refractivity contribution in [2.75, 3.05) is 20.3 Å². The molecule has 0 radical (unpaired) electrons. The molecule has 1 fully saturated rings. The van der Waals surface area contributed by atoms with E-state index in [1.54, 1.807) is 0 Å². The number of aliphatic hydroxyl groups is 1. The van der Waals surface area contributed by atoms with Crippen LogP contribution in [0.5, 0.6) is 5.88 Å². The minimum absolute atomic E-state index is 0.191. The summed E-state index contributed by atoms with van der Waals surface area (Å²) in [6.45, 7) is 0.686. The maximum absolute atomic E-state index is 10.1. The van der Waals surface area contributed by atoms with E-state index >= 15 is 0 Å². The molecule has 5 nitrogen and oxygen atoms in total. The Labute approximate surface area is 92.0 Å². The van der Waals surface area contributed by atoms with Crippen LogP contribution in [0.4, 0.5) is 0 Å². The summed E-state index contributed by atoms with van der Waals surface area (Å²) < 4.78 is 10.1. The predicted octanol–water partition coefficient (Wildman–Crippen LogP) is 0.746. The Morgan fingerprint density at radius 1 is 1.60 bits per heavy atom. The minimum Gasteiger partial charge on any atom is -0.481 e. The number of hydrogen-bond donors (Lipinski definition) is 1. The van der Waals surface area contributed by atoms with Crippen molar-refractivity contribution in [2.24, 2.45) is 0 Å². The number of methoxy groups -OCH3 is 1. The first-order valence-corrected chi connectivity index (χ1v) is 4.91. The molecule has 1 atom stereocenters. The lowest BCUT2D eigenvalue weighted by Crippen LogP contribution is -2.28. The first kappa shape index (κ1) is 10.6. The molecule has 6 heteroatoms. The minimum atomic E-state index is -1.14. The van der Waals surface area contributed by atoms with E-state index < -0.39 is 5.60 Å². The van der Waals surface area contributed by atoms with Crippen LogP contribution >= 0.6 is 11.6 Å². The highest BCUT2D eigenvalue weighted by Crippen LogP contribution is 2.29. The van der Waals surface area contributed by atoms with Crippen LogP contribution in [-0.2, 0) is 10.3 Å². The van der Waals surface area contributed by atoms with Crippen LogP contribution < -0.4 is 4.74 Å². The average molecular weight is 231 g/mol. The van der Waals surface area contributed by atoms with Crippen LogP contribution in [-0.4, -0.2) is 35.4 Å². The van der Waals surface area contributed by atoms with Gasteiger partial charge in [0, 0.05) is 12.5 Å². The fraction of sp³-hybridized carbons (Fsp3) is 0.556. The van der Waals surface area contributed by atoms with Gasteiger partial charge in [0.1, 0.15) is 10.8 Å². The standard InChI is InChI=1S/C9H11ClN2O3/c1-14-7-4-6(10)11-8(12-7)9(13)2-3-15-5-9/h4,13H,2-3,5H2,1H3. The highest BCUT2D eigenvalue weighted by atomic mass is 35.5. The van der Waals surface area contributed by atoms with Gasteiger partial charge in [-0.05, 0) is 0 Å². The lowest BCUT2D eigenvalue weighted by Gasteiger charge is -2.18. The Balaban J connectivity index is 2.38. The Hall–Kier alpha value is -0.910. The van der Waals surface area contributed by atoms with E-state index in [0.717, 1.165) is 0 Å². The number of rotatable bonds is 2. The van der Waals surface area contributed by atoms with E-state index in [9.17, 15) is 5.11 Å². The van der Waals surface area contributed by atoms with Gasteiger partial charge in [0.2, 0.25) is 5.88 Å². The smallest absolute Gasteiger partial charge is 0.217 e. The normalized spacial score (nSPS) is 25.5. The summed E-state index contributed by atoms with van der Waals surface area (Å²) in [6.07, 6.45) is 0.469. The predicted molar refractivity (Wildman–Crippen MR) is 52.9 cm³/mol. The van der Waals surface area contributed by atoms with Crippen LogP contribution in [0, 0.1) is 0 Å². The second kappa shape index (κ2) is 3.92. The molecule has 1 unspecified atom stereocenters. The van der Waals surface area contributed by atoms with E-state index in [1.165, 1.54) is 13.2 Å². The Kier molecular flexibility index (Phi) is 2.77. The second-order valence-electron chi connectivity index (χ2n) is 3.39. The van der Waals surface area contributed by atoms with Gasteiger partial charge < -0.3 is 14.6 Å². The second-order valence-corrected chi connectivity index (χ2v) is 3.78. The van der Waals surface area contributed by atoms with Crippen molar-refractivity contribution in [2.45, 2.75) is 12.0 Å². The molecule has 2 rings (SSSR count). The summed E-state index contributed by atoms with van der Waals surface area (Å²) in [5, 5.41) is 10.4. The summed E-state index contributed by atoms with van der Waals surface area (Å²) in [5.41, 5.74) is -1.14. The topological polar surface area (TPSA) is 64.5 Å². The molecule has 2 heterocycles. The summed E-state index contributed by atoms with van der Waals surface area (Å²) in [5.74, 6) is 0.592. The van der Waals surface area contributed by atoms with Crippen molar-refractivity contribution in [1.29, 1.82) is 0 Å². The first-order chi connectivity index (χ1) is 7.14. The molecule has 1 aliphatic heterocycles. The van der Waals surface area contributed by atoms with E-state index in [-0.39, 0.29) is 17.6 Å². The monoisotopic (exact) mass is 230 g/mol. The number of hydrogen-bond acceptors (Lipinski definition) is 5. The number of nitrogens with zero attached hydrogens (tertiary/aromatic N) is 2. The molecule has 1 aromatic heterocycles. The van der Waals surface area contributed by atoms with Crippen molar-refractivity contribution in [3.8, 4) is 5.88 Å². The van der Waals surface area contributed by atoms with Crippen LogP contribution in [0.1, 0.15) is 12.2 Å². The molecule has 0 spiro atoms. The highest BCUT2D eigenvalue weighted by Gasteiger charge is 2.37. The van der Waals surface area contributed by atoms with Gasteiger partial charge in [-0.1, -0.05) is 11.6 Å². The summed E-state index contributed by atoms with van der Waals surface area (Å²) >= 11 is 5.79. The van der Waals surface area contributed by atoms with Gasteiger partial charge >= 0.3 is 0 Å². The molecule has 1 aromatic rings. The fourth-order valence-electron chi connectivity index (χ4n) is 1.44. The van der Waals surface area contributed by atoms with Crippen LogP contribution in [0.2, 0.25) is 5.15 Å². The Morgan fingerprint density at radius 2 is 2.40 bits per heavy atom. The van der Waals surface area contributed by atoms with Gasteiger partial charge in [-0.15, -0.1) is 0 Å². The molecule has 0 aromatic carbocycles. The summed E-state index contributed by atoms with van der Waals surface area (Å²) in [6, 6.07) is 1.49. The van der Waals surface area contributed by atoms with Crippen molar-refractivity contribution in [3.05, 3.63) is 17.0 Å². The summed E-state index contributed by atoms with van der Waals surface area (Å²) in [7, 11) is 1.48. The van der Waals surface area contributed by atoms with Gasteiger partial charge in [-0.25, -0.2) is 4.98 Å². The SMILES string of the molecule is COc1cc(Cl)nc(C2(O)CCOC2)n1. The molecule has 0 saturated carbocycles.